The average Bonchev–Trinajstić information content (AvgIpc) is 2.94. The van der Waals surface area contributed by atoms with Gasteiger partial charge < -0.3 is 5.32 Å². The molecule has 8 nitrogen and oxygen atoms in total. The molecule has 0 aromatic heterocycles. The number of carbonyl (C=O) groups excluding carboxylic acids is 1. The van der Waals surface area contributed by atoms with Crippen LogP contribution in [0.4, 0.5) is 0 Å². The average molecular weight is 574 g/mol. The van der Waals surface area contributed by atoms with Gasteiger partial charge in [0.05, 0.1) is 9.79 Å². The summed E-state index contributed by atoms with van der Waals surface area (Å²) in [5, 5.41) is 2.83. The molecule has 3 aromatic carbocycles. The lowest BCUT2D eigenvalue weighted by Crippen LogP contribution is -2.61. The molecule has 0 aliphatic carbocycles. The fourth-order valence-electron chi connectivity index (χ4n) is 4.17. The Balaban J connectivity index is 1.47. The Kier molecular flexibility index (Phi) is 9.27. The molecule has 4 rings (SSSR count). The van der Waals surface area contributed by atoms with E-state index in [1.54, 1.807) is 48.2 Å². The van der Waals surface area contributed by atoms with Gasteiger partial charge >= 0.3 is 0 Å². The Hall–Kier alpha value is -2.70. The van der Waals surface area contributed by atoms with Crippen LogP contribution in [0.5, 0.6) is 0 Å². The number of thioether (sulfide) groups is 1. The number of piperazine rings is 1. The van der Waals surface area contributed by atoms with E-state index in [4.69, 9.17) is 0 Å². The number of amides is 1. The maximum absolute atomic E-state index is 13.5. The first kappa shape index (κ1) is 28.3. The van der Waals surface area contributed by atoms with Gasteiger partial charge in [0.15, 0.2) is 0 Å². The molecule has 0 unspecified atom stereocenters. The number of hydrogen-bond donors (Lipinski definition) is 1. The van der Waals surface area contributed by atoms with Crippen molar-refractivity contribution in [2.75, 3.05) is 31.9 Å². The second kappa shape index (κ2) is 12.4. The number of aryl methyl sites for hydroxylation is 1. The summed E-state index contributed by atoms with van der Waals surface area (Å²) >= 11 is 1.65. The van der Waals surface area contributed by atoms with Gasteiger partial charge in [0, 0.05) is 37.7 Å². The molecule has 1 saturated heterocycles. The second-order valence-corrected chi connectivity index (χ2v) is 13.9. The molecule has 0 bridgehead atoms. The Bertz CT molecular complexity index is 1430. The zero-order valence-corrected chi connectivity index (χ0v) is 23.5. The molecular weight excluding hydrogens is 543 g/mol. The summed E-state index contributed by atoms with van der Waals surface area (Å²) < 4.78 is 55.7. The van der Waals surface area contributed by atoms with E-state index in [1.807, 2.05) is 6.92 Å². The van der Waals surface area contributed by atoms with Crippen LogP contribution in [0, 0.1) is 6.92 Å². The monoisotopic (exact) mass is 573 g/mol. The van der Waals surface area contributed by atoms with Crippen LogP contribution in [0.25, 0.3) is 0 Å². The Labute approximate surface area is 229 Å². The van der Waals surface area contributed by atoms with E-state index in [-0.39, 0.29) is 29.4 Å². The van der Waals surface area contributed by atoms with Crippen LogP contribution in [0.3, 0.4) is 0 Å². The van der Waals surface area contributed by atoms with Crippen LogP contribution < -0.4 is 5.32 Å². The Morgan fingerprint density at radius 3 is 2.03 bits per heavy atom. The molecular formula is C27H31N3O5S3. The summed E-state index contributed by atoms with van der Waals surface area (Å²) in [4.78, 5) is 13.5. The maximum Gasteiger partial charge on any atom is 0.243 e. The maximum atomic E-state index is 13.5. The van der Waals surface area contributed by atoms with E-state index < -0.39 is 32.0 Å². The van der Waals surface area contributed by atoms with Crippen LogP contribution in [0.15, 0.2) is 94.7 Å². The molecule has 1 amide bonds. The predicted octanol–water partition coefficient (Wildman–Crippen LogP) is 3.11. The van der Waals surface area contributed by atoms with E-state index in [0.29, 0.717) is 12.3 Å². The van der Waals surface area contributed by atoms with Crippen molar-refractivity contribution < 1.29 is 21.6 Å². The molecule has 1 heterocycles. The molecule has 1 fully saturated rings. The van der Waals surface area contributed by atoms with Gasteiger partial charge in [-0.25, -0.2) is 16.8 Å². The highest BCUT2D eigenvalue weighted by molar-refractivity contribution is 7.98. The number of hydrogen-bond acceptors (Lipinski definition) is 6. The van der Waals surface area contributed by atoms with Crippen LogP contribution in [0.1, 0.15) is 11.1 Å². The highest BCUT2D eigenvalue weighted by Gasteiger charge is 2.43. The van der Waals surface area contributed by atoms with Gasteiger partial charge in [0.1, 0.15) is 6.04 Å². The molecule has 11 heteroatoms. The molecule has 1 aliphatic heterocycles. The lowest BCUT2D eigenvalue weighted by atomic mass is 10.2. The highest BCUT2D eigenvalue weighted by atomic mass is 32.2. The summed E-state index contributed by atoms with van der Waals surface area (Å²) in [6.07, 6.45) is 0. The first-order valence-electron chi connectivity index (χ1n) is 12.2. The van der Waals surface area contributed by atoms with Crippen molar-refractivity contribution in [2.45, 2.75) is 28.5 Å². The second-order valence-electron chi connectivity index (χ2n) is 8.95. The summed E-state index contributed by atoms with van der Waals surface area (Å²) in [6.45, 7) is 1.90. The molecule has 0 saturated carbocycles. The number of carbonyl (C=O) groups is 1. The Morgan fingerprint density at radius 1 is 0.842 bits per heavy atom. The van der Waals surface area contributed by atoms with Crippen molar-refractivity contribution in [1.29, 1.82) is 0 Å². The van der Waals surface area contributed by atoms with Gasteiger partial charge in [-0.05, 0) is 36.8 Å². The fourth-order valence-corrected chi connectivity index (χ4v) is 8.04. The third-order valence-electron chi connectivity index (χ3n) is 6.26. The minimum atomic E-state index is -4.02. The molecule has 38 heavy (non-hydrogen) atoms. The number of nitrogens with one attached hydrogen (secondary N) is 1. The molecule has 3 aromatic rings. The minimum absolute atomic E-state index is 0.0561. The van der Waals surface area contributed by atoms with Crippen LogP contribution in [-0.4, -0.2) is 69.3 Å². The number of sulfonamides is 2. The van der Waals surface area contributed by atoms with E-state index in [2.05, 4.69) is 29.6 Å². The standard InChI is InChI=1S/C27H31N3O5S3/c1-22-12-14-23(15-13-22)21-36-19-16-28-27(31)26-20-29(37(32,33)24-8-4-2-5-9-24)17-18-30(26)38(34,35)25-10-6-3-7-11-25/h2-15,26H,16-21H2,1H3,(H,28,31)/t26-/m0/s1. The van der Waals surface area contributed by atoms with Gasteiger partial charge in [-0.1, -0.05) is 66.2 Å². The molecule has 0 radical (unpaired) electrons. The van der Waals surface area contributed by atoms with Crippen molar-refractivity contribution in [3.8, 4) is 0 Å². The minimum Gasteiger partial charge on any atom is -0.354 e. The third-order valence-corrected chi connectivity index (χ3v) is 11.1. The fraction of sp³-hybridized carbons (Fsp3) is 0.296. The lowest BCUT2D eigenvalue weighted by Gasteiger charge is -2.38. The molecule has 202 valence electrons. The lowest BCUT2D eigenvalue weighted by molar-refractivity contribution is -0.125. The zero-order chi connectivity index (χ0) is 27.2. The number of nitrogens with zero attached hydrogens (tertiary/aromatic N) is 2. The molecule has 1 N–H and O–H groups in total. The summed E-state index contributed by atoms with van der Waals surface area (Å²) in [5.74, 6) is 0.898. The van der Waals surface area contributed by atoms with Crippen LogP contribution >= 0.6 is 11.8 Å². The topological polar surface area (TPSA) is 104 Å². The van der Waals surface area contributed by atoms with Crippen molar-refractivity contribution in [3.63, 3.8) is 0 Å². The van der Waals surface area contributed by atoms with Crippen molar-refractivity contribution in [3.05, 3.63) is 96.1 Å². The predicted molar refractivity (Wildman–Crippen MR) is 150 cm³/mol. The highest BCUT2D eigenvalue weighted by Crippen LogP contribution is 2.25. The summed E-state index contributed by atoms with van der Waals surface area (Å²) in [5.41, 5.74) is 2.37. The van der Waals surface area contributed by atoms with E-state index in [9.17, 15) is 21.6 Å². The third kappa shape index (κ3) is 6.65. The van der Waals surface area contributed by atoms with E-state index >= 15 is 0 Å². The number of benzene rings is 3. The van der Waals surface area contributed by atoms with Gasteiger partial charge in [-0.2, -0.15) is 20.4 Å². The van der Waals surface area contributed by atoms with Gasteiger partial charge in [-0.15, -0.1) is 0 Å². The first-order chi connectivity index (χ1) is 18.2. The molecule has 0 spiro atoms. The summed E-state index contributed by atoms with van der Waals surface area (Å²) in [7, 11) is -7.92. The van der Waals surface area contributed by atoms with E-state index in [1.165, 1.54) is 39.7 Å². The van der Waals surface area contributed by atoms with Crippen LogP contribution in [-0.2, 0) is 30.6 Å². The van der Waals surface area contributed by atoms with Gasteiger partial charge in [0.2, 0.25) is 26.0 Å². The normalized spacial score (nSPS) is 17.2. The number of rotatable bonds is 10. The quantitative estimate of drug-likeness (QED) is 0.374. The van der Waals surface area contributed by atoms with Crippen molar-refractivity contribution in [2.24, 2.45) is 0 Å². The van der Waals surface area contributed by atoms with Crippen molar-refractivity contribution in [1.82, 2.24) is 13.9 Å². The molecule has 1 aliphatic rings. The zero-order valence-electron chi connectivity index (χ0n) is 21.1. The van der Waals surface area contributed by atoms with Gasteiger partial charge in [0.25, 0.3) is 0 Å². The first-order valence-corrected chi connectivity index (χ1v) is 16.3. The smallest absolute Gasteiger partial charge is 0.243 e. The summed E-state index contributed by atoms with van der Waals surface area (Å²) in [6, 6.07) is 22.9. The van der Waals surface area contributed by atoms with Gasteiger partial charge in [-0.3, -0.25) is 4.79 Å². The van der Waals surface area contributed by atoms with Crippen molar-refractivity contribution >= 4 is 37.7 Å². The molecule has 1 atom stereocenters. The van der Waals surface area contributed by atoms with E-state index in [0.717, 1.165) is 10.1 Å². The largest absolute Gasteiger partial charge is 0.354 e. The SMILES string of the molecule is Cc1ccc(CSCCNC(=O)[C@@H]2CN(S(=O)(=O)c3ccccc3)CCN2S(=O)(=O)c2ccccc2)cc1. The Morgan fingerprint density at radius 2 is 1.42 bits per heavy atom. The van der Waals surface area contributed by atoms with Crippen LogP contribution in [0.2, 0.25) is 0 Å².